The van der Waals surface area contributed by atoms with Crippen molar-refractivity contribution in [1.29, 1.82) is 0 Å². The summed E-state index contributed by atoms with van der Waals surface area (Å²) in [5.41, 5.74) is 3.70. The molecule has 2 aromatic carbocycles. The van der Waals surface area contributed by atoms with Crippen molar-refractivity contribution in [3.05, 3.63) is 113 Å². The van der Waals surface area contributed by atoms with E-state index in [1.165, 1.54) is 0 Å². The SMILES string of the molecule is O=C(NCc1ccccn1)c1ccc(C(=O)Nc2ccc(Cl)c(-c3ccccn3)c2)cc1. The number of hydrogen-bond donors (Lipinski definition) is 2. The van der Waals surface area contributed by atoms with Gasteiger partial charge >= 0.3 is 0 Å². The van der Waals surface area contributed by atoms with Crippen LogP contribution in [0.4, 0.5) is 5.69 Å². The van der Waals surface area contributed by atoms with Gasteiger partial charge in [-0.25, -0.2) is 0 Å². The molecule has 2 N–H and O–H groups in total. The van der Waals surface area contributed by atoms with Crippen LogP contribution in [0.2, 0.25) is 5.02 Å². The van der Waals surface area contributed by atoms with Crippen LogP contribution in [0.3, 0.4) is 0 Å². The second-order valence-corrected chi connectivity index (χ2v) is 7.35. The van der Waals surface area contributed by atoms with Crippen molar-refractivity contribution in [3.8, 4) is 11.3 Å². The number of hydrogen-bond acceptors (Lipinski definition) is 4. The Kier molecular flexibility index (Phi) is 6.53. The summed E-state index contributed by atoms with van der Waals surface area (Å²) in [5.74, 6) is -0.528. The van der Waals surface area contributed by atoms with E-state index in [9.17, 15) is 9.59 Å². The lowest BCUT2D eigenvalue weighted by molar-refractivity contribution is 0.0948. The number of amides is 2. The van der Waals surface area contributed by atoms with Gasteiger partial charge in [0.15, 0.2) is 0 Å². The van der Waals surface area contributed by atoms with Crippen LogP contribution in [-0.2, 0) is 6.54 Å². The Morgan fingerprint density at radius 3 is 2.12 bits per heavy atom. The van der Waals surface area contributed by atoms with E-state index in [1.54, 1.807) is 54.9 Å². The molecule has 0 unspecified atom stereocenters. The highest BCUT2D eigenvalue weighted by Gasteiger charge is 2.11. The minimum absolute atomic E-state index is 0.236. The molecule has 0 aliphatic carbocycles. The Morgan fingerprint density at radius 2 is 1.47 bits per heavy atom. The van der Waals surface area contributed by atoms with E-state index in [4.69, 9.17) is 11.6 Å². The molecule has 0 radical (unpaired) electrons. The fraction of sp³-hybridized carbons (Fsp3) is 0.0400. The number of pyridine rings is 2. The third-order valence-corrected chi connectivity index (χ3v) is 5.06. The monoisotopic (exact) mass is 442 g/mol. The van der Waals surface area contributed by atoms with Gasteiger partial charge in [0, 0.05) is 34.8 Å². The topological polar surface area (TPSA) is 84.0 Å². The van der Waals surface area contributed by atoms with Gasteiger partial charge in [-0.15, -0.1) is 0 Å². The van der Waals surface area contributed by atoms with Gasteiger partial charge in [0.2, 0.25) is 0 Å². The average Bonchev–Trinajstić information content (AvgIpc) is 2.85. The summed E-state index contributed by atoms with van der Waals surface area (Å²) in [6.45, 7) is 0.330. The molecule has 7 heteroatoms. The van der Waals surface area contributed by atoms with Gasteiger partial charge in [0.25, 0.3) is 11.8 Å². The molecule has 0 bridgehead atoms. The van der Waals surface area contributed by atoms with E-state index in [0.717, 1.165) is 17.0 Å². The van der Waals surface area contributed by atoms with Gasteiger partial charge in [0.1, 0.15) is 0 Å². The van der Waals surface area contributed by atoms with Gasteiger partial charge in [0.05, 0.1) is 23.0 Å². The Bertz CT molecular complexity index is 1230. The van der Waals surface area contributed by atoms with Gasteiger partial charge < -0.3 is 10.6 Å². The van der Waals surface area contributed by atoms with Crippen molar-refractivity contribution in [2.75, 3.05) is 5.32 Å². The van der Waals surface area contributed by atoms with Gasteiger partial charge in [-0.1, -0.05) is 23.7 Å². The van der Waals surface area contributed by atoms with Crippen molar-refractivity contribution in [1.82, 2.24) is 15.3 Å². The molecule has 4 rings (SSSR count). The molecule has 0 atom stereocenters. The van der Waals surface area contributed by atoms with Crippen LogP contribution in [-0.4, -0.2) is 21.8 Å². The third-order valence-electron chi connectivity index (χ3n) is 4.73. The van der Waals surface area contributed by atoms with Crippen molar-refractivity contribution in [2.24, 2.45) is 0 Å². The number of anilines is 1. The van der Waals surface area contributed by atoms with Crippen LogP contribution in [0.1, 0.15) is 26.4 Å². The normalized spacial score (nSPS) is 10.4. The van der Waals surface area contributed by atoms with E-state index in [1.807, 2.05) is 36.4 Å². The Balaban J connectivity index is 1.41. The molecule has 0 saturated carbocycles. The Morgan fingerprint density at radius 1 is 0.781 bits per heavy atom. The number of rotatable bonds is 6. The zero-order valence-electron chi connectivity index (χ0n) is 17.0. The third kappa shape index (κ3) is 5.17. The molecule has 32 heavy (non-hydrogen) atoms. The lowest BCUT2D eigenvalue weighted by Gasteiger charge is -2.10. The number of carbonyl (C=O) groups excluding carboxylic acids is 2. The first-order chi connectivity index (χ1) is 15.6. The second kappa shape index (κ2) is 9.85. The van der Waals surface area contributed by atoms with E-state index in [-0.39, 0.29) is 11.8 Å². The van der Waals surface area contributed by atoms with Crippen LogP contribution in [0, 0.1) is 0 Å². The summed E-state index contributed by atoms with van der Waals surface area (Å²) in [6, 6.07) is 22.7. The van der Waals surface area contributed by atoms with E-state index < -0.39 is 0 Å². The molecule has 0 aliphatic heterocycles. The van der Waals surface area contributed by atoms with Crippen LogP contribution in [0.15, 0.2) is 91.3 Å². The molecule has 2 amide bonds. The standard InChI is InChI=1S/C25H19ClN4O2/c26-22-12-11-19(15-21(22)23-6-2-4-14-28-23)30-25(32)18-9-7-17(8-10-18)24(31)29-16-20-5-1-3-13-27-20/h1-15H,16H2,(H,29,31)(H,30,32). The summed E-state index contributed by atoms with van der Waals surface area (Å²) in [6.07, 6.45) is 3.36. The molecule has 2 heterocycles. The fourth-order valence-corrected chi connectivity index (χ4v) is 3.29. The number of benzene rings is 2. The number of aromatic nitrogens is 2. The summed E-state index contributed by atoms with van der Waals surface area (Å²) in [7, 11) is 0. The first-order valence-corrected chi connectivity index (χ1v) is 10.3. The van der Waals surface area contributed by atoms with Crippen LogP contribution >= 0.6 is 11.6 Å². The largest absolute Gasteiger partial charge is 0.346 e. The van der Waals surface area contributed by atoms with Gasteiger partial charge in [-0.3, -0.25) is 19.6 Å². The van der Waals surface area contributed by atoms with Crippen LogP contribution < -0.4 is 10.6 Å². The lowest BCUT2D eigenvalue weighted by Crippen LogP contribution is -2.23. The maximum absolute atomic E-state index is 12.7. The van der Waals surface area contributed by atoms with Crippen LogP contribution in [0.5, 0.6) is 0 Å². The highest BCUT2D eigenvalue weighted by atomic mass is 35.5. The molecule has 0 spiro atoms. The molecule has 6 nitrogen and oxygen atoms in total. The van der Waals surface area contributed by atoms with Gasteiger partial charge in [-0.2, -0.15) is 0 Å². The molecule has 2 aromatic heterocycles. The first kappa shape index (κ1) is 21.2. The predicted molar refractivity (Wildman–Crippen MR) is 124 cm³/mol. The Labute approximate surface area is 190 Å². The summed E-state index contributed by atoms with van der Waals surface area (Å²) in [4.78, 5) is 33.5. The number of halogens is 1. The molecule has 0 fully saturated rings. The van der Waals surface area contributed by atoms with Gasteiger partial charge in [-0.05, 0) is 66.7 Å². The minimum Gasteiger partial charge on any atom is -0.346 e. The molecular weight excluding hydrogens is 424 g/mol. The molecule has 158 valence electrons. The Hall–Kier alpha value is -4.03. The van der Waals surface area contributed by atoms with Crippen LogP contribution in [0.25, 0.3) is 11.3 Å². The minimum atomic E-state index is -0.292. The second-order valence-electron chi connectivity index (χ2n) is 6.94. The maximum atomic E-state index is 12.7. The van der Waals surface area contributed by atoms with E-state index in [2.05, 4.69) is 20.6 Å². The number of carbonyl (C=O) groups is 2. The first-order valence-electron chi connectivity index (χ1n) is 9.90. The average molecular weight is 443 g/mol. The summed E-state index contributed by atoms with van der Waals surface area (Å²) >= 11 is 6.30. The molecular formula is C25H19ClN4O2. The van der Waals surface area contributed by atoms with Crippen molar-refractivity contribution in [2.45, 2.75) is 6.54 Å². The summed E-state index contributed by atoms with van der Waals surface area (Å²) in [5, 5.41) is 6.21. The zero-order valence-corrected chi connectivity index (χ0v) is 17.7. The van der Waals surface area contributed by atoms with E-state index in [0.29, 0.717) is 28.4 Å². The fourth-order valence-electron chi connectivity index (χ4n) is 3.07. The molecule has 4 aromatic rings. The molecule has 0 aliphatic rings. The van der Waals surface area contributed by atoms with Crippen molar-refractivity contribution < 1.29 is 9.59 Å². The highest BCUT2D eigenvalue weighted by Crippen LogP contribution is 2.29. The number of nitrogens with one attached hydrogen (secondary N) is 2. The van der Waals surface area contributed by atoms with Crippen molar-refractivity contribution in [3.63, 3.8) is 0 Å². The predicted octanol–water partition coefficient (Wildman–Crippen LogP) is 4.98. The highest BCUT2D eigenvalue weighted by molar-refractivity contribution is 6.33. The summed E-state index contributed by atoms with van der Waals surface area (Å²) < 4.78 is 0. The van der Waals surface area contributed by atoms with Crippen molar-refractivity contribution >= 4 is 29.1 Å². The lowest BCUT2D eigenvalue weighted by atomic mass is 10.1. The smallest absolute Gasteiger partial charge is 0.255 e. The quantitative estimate of drug-likeness (QED) is 0.441. The molecule has 0 saturated heterocycles. The maximum Gasteiger partial charge on any atom is 0.255 e. The zero-order chi connectivity index (χ0) is 22.3. The number of nitrogens with zero attached hydrogens (tertiary/aromatic N) is 2. The van der Waals surface area contributed by atoms with E-state index >= 15 is 0 Å².